The highest BCUT2D eigenvalue weighted by molar-refractivity contribution is 6.39. The van der Waals surface area contributed by atoms with E-state index in [1.54, 1.807) is 6.07 Å². The van der Waals surface area contributed by atoms with Gasteiger partial charge >= 0.3 is 11.8 Å². The number of pyridine rings is 2. The number of nitrogens with one attached hydrogen (secondary N) is 2. The molecule has 4 N–H and O–H groups in total. The van der Waals surface area contributed by atoms with Crippen molar-refractivity contribution < 1.29 is 14.4 Å². The van der Waals surface area contributed by atoms with Crippen molar-refractivity contribution in [3.8, 4) is 0 Å². The van der Waals surface area contributed by atoms with Gasteiger partial charge in [-0.25, -0.2) is 0 Å². The molecule has 1 aliphatic heterocycles. The molecule has 140 valence electrons. The number of nitrogens with two attached hydrogens (primary N) is 1. The highest BCUT2D eigenvalue weighted by Gasteiger charge is 2.32. The van der Waals surface area contributed by atoms with E-state index in [0.29, 0.717) is 18.5 Å². The number of amides is 3. The van der Waals surface area contributed by atoms with E-state index in [4.69, 9.17) is 5.73 Å². The van der Waals surface area contributed by atoms with Crippen molar-refractivity contribution in [2.75, 3.05) is 11.9 Å². The minimum absolute atomic E-state index is 0.125. The Morgan fingerprint density at radius 3 is 2.78 bits per heavy atom. The minimum atomic E-state index is -0.838. The van der Waals surface area contributed by atoms with E-state index in [2.05, 4.69) is 15.3 Å². The van der Waals surface area contributed by atoms with Gasteiger partial charge in [0.05, 0.1) is 23.5 Å². The average Bonchev–Trinajstić information content (AvgIpc) is 2.67. The molecule has 9 nitrogen and oxygen atoms in total. The Morgan fingerprint density at radius 2 is 2.04 bits per heavy atom. The molecule has 3 amide bonds. The molecule has 27 heavy (non-hydrogen) atoms. The van der Waals surface area contributed by atoms with Crippen molar-refractivity contribution in [2.24, 2.45) is 5.73 Å². The van der Waals surface area contributed by atoms with Crippen LogP contribution in [-0.2, 0) is 9.59 Å². The monoisotopic (exact) mass is 369 g/mol. The predicted molar refractivity (Wildman–Crippen MR) is 96.8 cm³/mol. The molecule has 3 rings (SSSR count). The highest BCUT2D eigenvalue weighted by Crippen LogP contribution is 2.30. The molecule has 2 aromatic heterocycles. The van der Waals surface area contributed by atoms with Crippen LogP contribution in [0.1, 0.15) is 41.2 Å². The van der Waals surface area contributed by atoms with E-state index in [-0.39, 0.29) is 22.9 Å². The molecule has 2 aromatic rings. The molecule has 0 bridgehead atoms. The standard InChI is InChI=1S/C18H19N5O4/c19-16(25)12-7-13(10-20-9-12)22-17(26)18(27)23-6-2-1-3-14(23)11-4-5-21-15(24)8-11/h4-5,7-10,14H,1-3,6H2,(H2,19,25)(H,21,24)(H,22,26)/t14-/m1/s1. The molecular weight excluding hydrogens is 350 g/mol. The molecular formula is C18H19N5O4. The molecule has 9 heteroatoms. The summed E-state index contributed by atoms with van der Waals surface area (Å²) in [6.45, 7) is 0.420. The molecule has 1 atom stereocenters. The molecule has 0 radical (unpaired) electrons. The molecule has 1 aliphatic rings. The third-order valence-electron chi connectivity index (χ3n) is 4.42. The Balaban J connectivity index is 1.78. The first-order valence-corrected chi connectivity index (χ1v) is 8.51. The minimum Gasteiger partial charge on any atom is -0.366 e. The van der Waals surface area contributed by atoms with Gasteiger partial charge in [-0.05, 0) is 37.0 Å². The number of nitrogens with zero attached hydrogens (tertiary/aromatic N) is 2. The number of aromatic amines is 1. The van der Waals surface area contributed by atoms with Gasteiger partial charge in [-0.15, -0.1) is 0 Å². The van der Waals surface area contributed by atoms with Crippen LogP contribution in [0.25, 0.3) is 0 Å². The fourth-order valence-electron chi connectivity index (χ4n) is 3.15. The van der Waals surface area contributed by atoms with Gasteiger partial charge < -0.3 is 20.9 Å². The third-order valence-corrected chi connectivity index (χ3v) is 4.42. The van der Waals surface area contributed by atoms with Crippen LogP contribution in [0.2, 0.25) is 0 Å². The Labute approximate surface area is 154 Å². The lowest BCUT2D eigenvalue weighted by Crippen LogP contribution is -2.44. The van der Waals surface area contributed by atoms with Crippen LogP contribution in [0, 0.1) is 0 Å². The van der Waals surface area contributed by atoms with Gasteiger partial charge in [-0.1, -0.05) is 0 Å². The summed E-state index contributed by atoms with van der Waals surface area (Å²) in [7, 11) is 0. The van der Waals surface area contributed by atoms with Gasteiger partial charge in [0.2, 0.25) is 11.5 Å². The van der Waals surface area contributed by atoms with Crippen LogP contribution >= 0.6 is 0 Å². The fraction of sp³-hybridized carbons (Fsp3) is 0.278. The quantitative estimate of drug-likeness (QED) is 0.679. The molecule has 1 fully saturated rings. The first-order valence-electron chi connectivity index (χ1n) is 8.51. The van der Waals surface area contributed by atoms with E-state index < -0.39 is 17.7 Å². The van der Waals surface area contributed by atoms with Gasteiger partial charge in [0.25, 0.3) is 0 Å². The number of aromatic nitrogens is 2. The first kappa shape index (κ1) is 18.3. The summed E-state index contributed by atoms with van der Waals surface area (Å²) in [4.78, 5) is 55.8. The normalized spacial score (nSPS) is 16.6. The zero-order chi connectivity index (χ0) is 19.4. The third kappa shape index (κ3) is 4.20. The average molecular weight is 369 g/mol. The number of hydrogen-bond donors (Lipinski definition) is 3. The number of carbonyl (C=O) groups excluding carboxylic acids is 3. The van der Waals surface area contributed by atoms with Gasteiger partial charge in [0.1, 0.15) is 0 Å². The summed E-state index contributed by atoms with van der Waals surface area (Å²) < 4.78 is 0. The summed E-state index contributed by atoms with van der Waals surface area (Å²) in [5.74, 6) is -2.23. The van der Waals surface area contributed by atoms with Crippen molar-refractivity contribution in [2.45, 2.75) is 25.3 Å². The van der Waals surface area contributed by atoms with Crippen molar-refractivity contribution in [3.05, 3.63) is 58.3 Å². The first-order chi connectivity index (χ1) is 13.0. The smallest absolute Gasteiger partial charge is 0.313 e. The number of likely N-dealkylation sites (tertiary alicyclic amines) is 1. The largest absolute Gasteiger partial charge is 0.366 e. The van der Waals surface area contributed by atoms with Gasteiger partial charge in [0.15, 0.2) is 0 Å². The zero-order valence-electron chi connectivity index (χ0n) is 14.5. The Kier molecular flexibility index (Phi) is 5.30. The molecule has 1 saturated heterocycles. The van der Waals surface area contributed by atoms with Crippen molar-refractivity contribution in [3.63, 3.8) is 0 Å². The second-order valence-corrected chi connectivity index (χ2v) is 6.28. The molecule has 0 aliphatic carbocycles. The summed E-state index contributed by atoms with van der Waals surface area (Å²) in [6.07, 6.45) is 6.46. The van der Waals surface area contributed by atoms with Crippen LogP contribution in [0.3, 0.4) is 0 Å². The predicted octanol–water partition coefficient (Wildman–Crippen LogP) is 0.561. The van der Waals surface area contributed by atoms with E-state index in [0.717, 1.165) is 12.8 Å². The summed E-state index contributed by atoms with van der Waals surface area (Å²) in [5.41, 5.74) is 5.95. The van der Waals surface area contributed by atoms with E-state index >= 15 is 0 Å². The molecule has 0 spiro atoms. The maximum Gasteiger partial charge on any atom is 0.313 e. The second kappa shape index (κ2) is 7.81. The van der Waals surface area contributed by atoms with Gasteiger partial charge in [-0.3, -0.25) is 24.2 Å². The van der Waals surface area contributed by atoms with E-state index in [1.807, 2.05) is 0 Å². The lowest BCUT2D eigenvalue weighted by Gasteiger charge is -2.35. The fourth-order valence-corrected chi connectivity index (χ4v) is 3.15. The van der Waals surface area contributed by atoms with Crippen LogP contribution in [0.4, 0.5) is 5.69 Å². The van der Waals surface area contributed by atoms with Crippen LogP contribution < -0.4 is 16.6 Å². The molecule has 0 unspecified atom stereocenters. The number of hydrogen-bond acceptors (Lipinski definition) is 5. The number of anilines is 1. The topological polar surface area (TPSA) is 138 Å². The number of H-pyrrole nitrogens is 1. The maximum absolute atomic E-state index is 12.7. The number of rotatable bonds is 3. The SMILES string of the molecule is NC(=O)c1cncc(NC(=O)C(=O)N2CCCC[C@@H]2c2cc[nH]c(=O)c2)c1. The Bertz CT molecular complexity index is 939. The lowest BCUT2D eigenvalue weighted by molar-refractivity contribution is -0.145. The summed E-state index contributed by atoms with van der Waals surface area (Å²) in [5, 5.41) is 2.45. The van der Waals surface area contributed by atoms with Gasteiger partial charge in [0, 0.05) is 25.0 Å². The lowest BCUT2D eigenvalue weighted by atomic mass is 9.96. The van der Waals surface area contributed by atoms with E-state index in [9.17, 15) is 19.2 Å². The molecule has 3 heterocycles. The number of piperidine rings is 1. The van der Waals surface area contributed by atoms with Crippen LogP contribution in [0.5, 0.6) is 0 Å². The second-order valence-electron chi connectivity index (χ2n) is 6.28. The van der Waals surface area contributed by atoms with Crippen molar-refractivity contribution in [1.82, 2.24) is 14.9 Å². The summed E-state index contributed by atoms with van der Waals surface area (Å²) >= 11 is 0. The maximum atomic E-state index is 12.7. The van der Waals surface area contributed by atoms with Crippen molar-refractivity contribution >= 4 is 23.4 Å². The zero-order valence-corrected chi connectivity index (χ0v) is 14.5. The number of carbonyl (C=O) groups is 3. The van der Waals surface area contributed by atoms with E-state index in [1.165, 1.54) is 35.6 Å². The Morgan fingerprint density at radius 1 is 1.22 bits per heavy atom. The highest BCUT2D eigenvalue weighted by atomic mass is 16.2. The van der Waals surface area contributed by atoms with Crippen molar-refractivity contribution in [1.29, 1.82) is 0 Å². The molecule has 0 aromatic carbocycles. The van der Waals surface area contributed by atoms with Crippen LogP contribution in [0.15, 0.2) is 41.6 Å². The summed E-state index contributed by atoms with van der Waals surface area (Å²) in [6, 6.07) is 4.18. The van der Waals surface area contributed by atoms with Crippen LogP contribution in [-0.4, -0.2) is 39.1 Å². The molecule has 0 saturated carbocycles. The Hall–Kier alpha value is -3.49. The number of primary amides is 1. The van der Waals surface area contributed by atoms with Gasteiger partial charge in [-0.2, -0.15) is 0 Å².